The van der Waals surface area contributed by atoms with Crippen LogP contribution in [0.5, 0.6) is 0 Å². The van der Waals surface area contributed by atoms with E-state index in [1.54, 1.807) is 0 Å². The summed E-state index contributed by atoms with van der Waals surface area (Å²) in [5.74, 6) is -0.960. The molecule has 108 valence electrons. The second-order valence-corrected chi connectivity index (χ2v) is 5.78. The number of nitrogens with two attached hydrogens (primary N) is 1. The molecule has 1 aromatic carbocycles. The molecule has 0 saturated heterocycles. The molecule has 0 saturated carbocycles. The lowest BCUT2D eigenvalue weighted by molar-refractivity contribution is 0.172. The third kappa shape index (κ3) is 4.88. The van der Waals surface area contributed by atoms with E-state index in [9.17, 15) is 8.78 Å². The van der Waals surface area contributed by atoms with Crippen molar-refractivity contribution >= 4 is 0 Å². The van der Waals surface area contributed by atoms with E-state index in [0.717, 1.165) is 19.5 Å². The highest BCUT2D eigenvalue weighted by molar-refractivity contribution is 5.19. The van der Waals surface area contributed by atoms with Crippen LogP contribution in [-0.4, -0.2) is 24.5 Å². The molecule has 19 heavy (non-hydrogen) atoms. The van der Waals surface area contributed by atoms with Crippen molar-refractivity contribution in [2.45, 2.75) is 33.7 Å². The van der Waals surface area contributed by atoms with Crippen LogP contribution in [0.1, 0.15) is 32.8 Å². The predicted molar refractivity (Wildman–Crippen MR) is 74.8 cm³/mol. The first-order valence-electron chi connectivity index (χ1n) is 6.75. The Morgan fingerprint density at radius 2 is 1.79 bits per heavy atom. The Bertz CT molecular complexity index is 385. The number of benzene rings is 1. The van der Waals surface area contributed by atoms with Gasteiger partial charge in [-0.2, -0.15) is 0 Å². The van der Waals surface area contributed by atoms with Crippen LogP contribution in [-0.2, 0) is 6.54 Å². The van der Waals surface area contributed by atoms with Gasteiger partial charge in [0.25, 0.3) is 0 Å². The van der Waals surface area contributed by atoms with E-state index in [2.05, 4.69) is 25.7 Å². The van der Waals surface area contributed by atoms with Crippen LogP contribution in [0.3, 0.4) is 0 Å². The van der Waals surface area contributed by atoms with Gasteiger partial charge in [0.15, 0.2) is 0 Å². The molecule has 4 heteroatoms. The Balaban J connectivity index is 2.84. The number of nitrogens with zero attached hydrogens (tertiary/aromatic N) is 1. The topological polar surface area (TPSA) is 29.3 Å². The molecule has 0 fully saturated rings. The molecule has 0 radical (unpaired) electrons. The van der Waals surface area contributed by atoms with Crippen molar-refractivity contribution in [2.75, 3.05) is 19.6 Å². The van der Waals surface area contributed by atoms with Crippen molar-refractivity contribution in [3.63, 3.8) is 0 Å². The summed E-state index contributed by atoms with van der Waals surface area (Å²) in [5.41, 5.74) is 5.81. The molecule has 0 aliphatic carbocycles. The van der Waals surface area contributed by atoms with Crippen LogP contribution in [0.15, 0.2) is 18.2 Å². The molecule has 0 aromatic heterocycles. The molecular weight excluding hydrogens is 246 g/mol. The van der Waals surface area contributed by atoms with E-state index in [4.69, 9.17) is 5.73 Å². The van der Waals surface area contributed by atoms with Gasteiger partial charge in [-0.25, -0.2) is 8.78 Å². The average molecular weight is 270 g/mol. The minimum absolute atomic E-state index is 0.0586. The second kappa shape index (κ2) is 6.96. The van der Waals surface area contributed by atoms with Gasteiger partial charge >= 0.3 is 0 Å². The molecule has 0 heterocycles. The highest BCUT2D eigenvalue weighted by atomic mass is 19.1. The summed E-state index contributed by atoms with van der Waals surface area (Å²) in [4.78, 5) is 2.06. The third-order valence-electron chi connectivity index (χ3n) is 3.19. The smallest absolute Gasteiger partial charge is 0.130 e. The first-order valence-corrected chi connectivity index (χ1v) is 6.75. The lowest BCUT2D eigenvalue weighted by Crippen LogP contribution is -2.39. The van der Waals surface area contributed by atoms with Crippen molar-refractivity contribution in [2.24, 2.45) is 11.1 Å². The first-order chi connectivity index (χ1) is 8.89. The number of hydrogen-bond acceptors (Lipinski definition) is 2. The van der Waals surface area contributed by atoms with Gasteiger partial charge in [-0.3, -0.25) is 4.90 Å². The molecule has 0 bridgehead atoms. The fraction of sp³-hybridized carbons (Fsp3) is 0.600. The van der Waals surface area contributed by atoms with Gasteiger partial charge in [0.1, 0.15) is 11.6 Å². The number of rotatable bonds is 7. The van der Waals surface area contributed by atoms with Crippen molar-refractivity contribution in [1.29, 1.82) is 0 Å². The molecule has 1 rings (SSSR count). The van der Waals surface area contributed by atoms with Gasteiger partial charge in [0.2, 0.25) is 0 Å². The largest absolute Gasteiger partial charge is 0.330 e. The Labute approximate surface area is 114 Å². The summed E-state index contributed by atoms with van der Waals surface area (Å²) in [6.07, 6.45) is 0.941. The monoisotopic (exact) mass is 270 g/mol. The molecule has 0 aliphatic rings. The van der Waals surface area contributed by atoms with Crippen LogP contribution in [0.25, 0.3) is 0 Å². The summed E-state index contributed by atoms with van der Waals surface area (Å²) in [6.45, 7) is 8.55. The first kappa shape index (κ1) is 16.1. The van der Waals surface area contributed by atoms with E-state index in [1.165, 1.54) is 18.2 Å². The fourth-order valence-electron chi connectivity index (χ4n) is 2.11. The van der Waals surface area contributed by atoms with Gasteiger partial charge < -0.3 is 5.73 Å². The lowest BCUT2D eigenvalue weighted by Gasteiger charge is -2.31. The van der Waals surface area contributed by atoms with Gasteiger partial charge in [-0.15, -0.1) is 0 Å². The normalized spacial score (nSPS) is 12.2. The second-order valence-electron chi connectivity index (χ2n) is 5.78. The van der Waals surface area contributed by atoms with Crippen LogP contribution >= 0.6 is 0 Å². The van der Waals surface area contributed by atoms with Gasteiger partial charge in [-0.05, 0) is 37.1 Å². The lowest BCUT2D eigenvalue weighted by atomic mass is 9.92. The Morgan fingerprint density at radius 3 is 2.26 bits per heavy atom. The average Bonchev–Trinajstić information content (AvgIpc) is 2.34. The molecular formula is C15H24F2N2. The van der Waals surface area contributed by atoms with Crippen molar-refractivity contribution < 1.29 is 8.78 Å². The summed E-state index contributed by atoms with van der Waals surface area (Å²) in [6, 6.07) is 4.00. The van der Waals surface area contributed by atoms with Crippen LogP contribution in [0, 0.1) is 17.0 Å². The fourth-order valence-corrected chi connectivity index (χ4v) is 2.11. The Morgan fingerprint density at radius 1 is 1.21 bits per heavy atom. The predicted octanol–water partition coefficient (Wildman–Crippen LogP) is 3.16. The van der Waals surface area contributed by atoms with Gasteiger partial charge in [0, 0.05) is 18.7 Å². The van der Waals surface area contributed by atoms with E-state index in [1.807, 2.05) is 0 Å². The molecule has 2 nitrogen and oxygen atoms in total. The SMILES string of the molecule is CCCN(Cc1c(F)cccc1F)CC(C)(C)CN. The molecule has 0 amide bonds. The Kier molecular flexibility index (Phi) is 5.88. The summed E-state index contributed by atoms with van der Waals surface area (Å²) >= 11 is 0. The summed E-state index contributed by atoms with van der Waals surface area (Å²) < 4.78 is 27.3. The maximum absolute atomic E-state index is 13.7. The van der Waals surface area contributed by atoms with Crippen LogP contribution < -0.4 is 5.73 Å². The van der Waals surface area contributed by atoms with Crippen molar-refractivity contribution in [3.05, 3.63) is 35.4 Å². The summed E-state index contributed by atoms with van der Waals surface area (Å²) in [5, 5.41) is 0. The van der Waals surface area contributed by atoms with E-state index in [0.29, 0.717) is 6.54 Å². The van der Waals surface area contributed by atoms with Gasteiger partial charge in [0.05, 0.1) is 0 Å². The van der Waals surface area contributed by atoms with Crippen molar-refractivity contribution in [3.8, 4) is 0 Å². The zero-order valence-corrected chi connectivity index (χ0v) is 12.0. The highest BCUT2D eigenvalue weighted by Gasteiger charge is 2.21. The maximum Gasteiger partial charge on any atom is 0.130 e. The molecule has 0 unspecified atom stereocenters. The zero-order chi connectivity index (χ0) is 14.5. The van der Waals surface area contributed by atoms with Gasteiger partial charge in [-0.1, -0.05) is 26.8 Å². The van der Waals surface area contributed by atoms with Crippen LogP contribution in [0.2, 0.25) is 0 Å². The quantitative estimate of drug-likeness (QED) is 0.824. The molecule has 0 atom stereocenters. The highest BCUT2D eigenvalue weighted by Crippen LogP contribution is 2.20. The zero-order valence-electron chi connectivity index (χ0n) is 12.0. The molecule has 2 N–H and O–H groups in total. The summed E-state index contributed by atoms with van der Waals surface area (Å²) in [7, 11) is 0. The Hall–Kier alpha value is -1.00. The van der Waals surface area contributed by atoms with Crippen LogP contribution in [0.4, 0.5) is 8.78 Å². The number of hydrogen-bond donors (Lipinski definition) is 1. The minimum atomic E-state index is -0.480. The van der Waals surface area contributed by atoms with E-state index < -0.39 is 11.6 Å². The van der Waals surface area contributed by atoms with Crippen molar-refractivity contribution in [1.82, 2.24) is 4.90 Å². The molecule has 0 aliphatic heterocycles. The third-order valence-corrected chi connectivity index (χ3v) is 3.19. The standard InChI is InChI=1S/C15H24F2N2/c1-4-8-19(11-15(2,3)10-18)9-12-13(16)6-5-7-14(12)17/h5-7H,4,8-11,18H2,1-3H3. The van der Waals surface area contributed by atoms with E-state index >= 15 is 0 Å². The minimum Gasteiger partial charge on any atom is -0.330 e. The molecule has 1 aromatic rings. The molecule has 0 spiro atoms. The number of halogens is 2. The van der Waals surface area contributed by atoms with E-state index in [-0.39, 0.29) is 17.5 Å². The maximum atomic E-state index is 13.7.